The van der Waals surface area contributed by atoms with Crippen LogP contribution in [0.2, 0.25) is 0 Å². The van der Waals surface area contributed by atoms with Crippen LogP contribution < -0.4 is 5.56 Å². The van der Waals surface area contributed by atoms with Crippen LogP contribution in [0.3, 0.4) is 0 Å². The average molecular weight is 176 g/mol. The Labute approximate surface area is 72.9 Å². The maximum Gasteiger partial charge on any atom is 0.325 e. The van der Waals surface area contributed by atoms with E-state index in [9.17, 15) is 9.18 Å². The summed E-state index contributed by atoms with van der Waals surface area (Å²) in [5.74, 6) is -1.07. The fourth-order valence-corrected chi connectivity index (χ4v) is 1.04. The third kappa shape index (κ3) is 1.38. The summed E-state index contributed by atoms with van der Waals surface area (Å²) in [6.07, 6.45) is 1.29. The van der Waals surface area contributed by atoms with E-state index in [0.717, 1.165) is 0 Å². The van der Waals surface area contributed by atoms with Crippen LogP contribution in [0.1, 0.15) is 0 Å². The Morgan fingerprint density at radius 3 is 2.85 bits per heavy atom. The van der Waals surface area contributed by atoms with Crippen LogP contribution in [0, 0.1) is 5.95 Å². The van der Waals surface area contributed by atoms with E-state index in [2.05, 4.69) is 9.97 Å². The Bertz CT molecular complexity index is 513. The fraction of sp³-hybridized carbons (Fsp3) is 0. The molecule has 0 N–H and O–H groups in total. The van der Waals surface area contributed by atoms with Crippen molar-refractivity contribution >= 4 is 10.9 Å². The molecule has 0 aliphatic heterocycles. The second kappa shape index (κ2) is 2.90. The van der Waals surface area contributed by atoms with Crippen molar-refractivity contribution in [1.29, 1.82) is 0 Å². The monoisotopic (exact) mass is 176 g/mol. The van der Waals surface area contributed by atoms with E-state index in [1.54, 1.807) is 24.3 Å². The maximum atomic E-state index is 12.7. The van der Waals surface area contributed by atoms with Gasteiger partial charge in [-0.05, 0) is 6.07 Å². The van der Waals surface area contributed by atoms with Gasteiger partial charge in [0.2, 0.25) is 0 Å². The number of fused-ring (bicyclic) bond motifs is 1. The molecule has 13 heavy (non-hydrogen) atoms. The number of halogens is 1. The van der Waals surface area contributed by atoms with Gasteiger partial charge in [0.1, 0.15) is 0 Å². The second-order valence-corrected chi connectivity index (χ2v) is 2.52. The van der Waals surface area contributed by atoms with Crippen LogP contribution in [0.25, 0.3) is 10.9 Å². The van der Waals surface area contributed by atoms with Crippen molar-refractivity contribution in [1.82, 2.24) is 9.97 Å². The highest BCUT2D eigenvalue weighted by Gasteiger charge is 1.98. The highest BCUT2D eigenvalue weighted by atomic mass is 19.1. The molecular weight excluding hydrogens is 171 g/mol. The average Bonchev–Trinajstić information content (AvgIpc) is 2.28. The molecule has 0 saturated heterocycles. The minimum Gasteiger partial charge on any atom is -0.262 e. The van der Waals surface area contributed by atoms with E-state index < -0.39 is 11.5 Å². The molecule has 3 nitrogen and oxygen atoms in total. The van der Waals surface area contributed by atoms with E-state index in [1.807, 2.05) is 0 Å². The summed E-state index contributed by atoms with van der Waals surface area (Å²) in [5.41, 5.74) is -0.481. The lowest BCUT2D eigenvalue weighted by molar-refractivity contribution is 0.570. The molecule has 0 atom stereocenters. The molecule has 4 heteroatoms. The molecule has 2 rings (SSSR count). The first-order chi connectivity index (χ1) is 6.27. The predicted molar refractivity (Wildman–Crippen MR) is 45.8 cm³/mol. The summed E-state index contributed by atoms with van der Waals surface area (Å²) in [5, 5.41) is 0.642. The molecule has 0 bridgehead atoms. The molecule has 0 saturated carbocycles. The minimum absolute atomic E-state index is 0.448. The Morgan fingerprint density at radius 1 is 1.23 bits per heavy atom. The Kier molecular flexibility index (Phi) is 1.73. The first kappa shape index (κ1) is 7.79. The number of hydrogen-bond acceptors (Lipinski definition) is 3. The predicted octanol–water partition coefficient (Wildman–Crippen LogP) is 1.13. The zero-order valence-electron chi connectivity index (χ0n) is 6.57. The summed E-state index contributed by atoms with van der Waals surface area (Å²) in [4.78, 5) is 17.8. The zero-order valence-corrected chi connectivity index (χ0v) is 6.57. The molecule has 0 amide bonds. The summed E-state index contributed by atoms with van der Waals surface area (Å²) in [6, 6.07) is 6.85. The Morgan fingerprint density at radius 2 is 2.00 bits per heavy atom. The van der Waals surface area contributed by atoms with Gasteiger partial charge in [-0.1, -0.05) is 18.2 Å². The van der Waals surface area contributed by atoms with Crippen molar-refractivity contribution in [3.63, 3.8) is 0 Å². The molecule has 2 aromatic rings. The van der Waals surface area contributed by atoms with Gasteiger partial charge in [-0.3, -0.25) is 4.79 Å². The third-order valence-electron chi connectivity index (χ3n) is 1.65. The lowest BCUT2D eigenvalue weighted by Gasteiger charge is -1.85. The standard InChI is InChI=1S/C9H5FN2O/c10-8-9(13)12-7-4-2-1-3-6(7)5-11-8/h1-5H. The molecule has 0 spiro atoms. The van der Waals surface area contributed by atoms with E-state index in [-0.39, 0.29) is 0 Å². The summed E-state index contributed by atoms with van der Waals surface area (Å²) >= 11 is 0. The molecule has 0 radical (unpaired) electrons. The smallest absolute Gasteiger partial charge is 0.262 e. The van der Waals surface area contributed by atoms with Gasteiger partial charge in [0, 0.05) is 11.6 Å². The first-order valence-corrected chi connectivity index (χ1v) is 3.69. The molecular formula is C9H5FN2O. The fourth-order valence-electron chi connectivity index (χ4n) is 1.04. The van der Waals surface area contributed by atoms with Crippen LogP contribution in [0.5, 0.6) is 0 Å². The van der Waals surface area contributed by atoms with Gasteiger partial charge in [-0.25, -0.2) is 9.97 Å². The first-order valence-electron chi connectivity index (χ1n) is 3.69. The molecule has 0 aliphatic carbocycles. The topological polar surface area (TPSA) is 42.9 Å². The van der Waals surface area contributed by atoms with E-state index in [4.69, 9.17) is 0 Å². The van der Waals surface area contributed by atoms with Crippen molar-refractivity contribution < 1.29 is 4.39 Å². The van der Waals surface area contributed by atoms with E-state index in [1.165, 1.54) is 6.20 Å². The van der Waals surface area contributed by atoms with E-state index >= 15 is 0 Å². The van der Waals surface area contributed by atoms with Crippen LogP contribution in [-0.4, -0.2) is 9.97 Å². The number of nitrogens with zero attached hydrogens (tertiary/aromatic N) is 2. The molecule has 64 valence electrons. The van der Waals surface area contributed by atoms with Crippen LogP contribution in [-0.2, 0) is 0 Å². The molecule has 1 aromatic carbocycles. The van der Waals surface area contributed by atoms with Crippen LogP contribution in [0.4, 0.5) is 4.39 Å². The van der Waals surface area contributed by atoms with Crippen molar-refractivity contribution in [3.8, 4) is 0 Å². The quantitative estimate of drug-likeness (QED) is 0.604. The van der Waals surface area contributed by atoms with E-state index in [0.29, 0.717) is 10.9 Å². The number of benzene rings is 1. The number of para-hydroxylation sites is 1. The second-order valence-electron chi connectivity index (χ2n) is 2.52. The van der Waals surface area contributed by atoms with Gasteiger partial charge in [0.25, 0.3) is 5.95 Å². The van der Waals surface area contributed by atoms with Crippen LogP contribution in [0.15, 0.2) is 35.3 Å². The molecule has 0 unspecified atom stereocenters. The molecule has 1 aromatic heterocycles. The summed E-state index contributed by atoms with van der Waals surface area (Å²) < 4.78 is 12.7. The molecule has 1 heterocycles. The normalized spacial score (nSPS) is 10.2. The summed E-state index contributed by atoms with van der Waals surface area (Å²) in [7, 11) is 0. The van der Waals surface area contributed by atoms with Crippen molar-refractivity contribution in [3.05, 3.63) is 46.8 Å². The number of hydrogen-bond donors (Lipinski definition) is 0. The Balaban J connectivity index is 2.97. The number of rotatable bonds is 0. The molecule has 0 aliphatic rings. The van der Waals surface area contributed by atoms with Gasteiger partial charge in [-0.2, -0.15) is 4.39 Å². The lowest BCUT2D eigenvalue weighted by atomic mass is 10.2. The SMILES string of the molecule is O=c1nc2ccccc2cnc1F. The molecule has 0 fully saturated rings. The van der Waals surface area contributed by atoms with Gasteiger partial charge >= 0.3 is 5.56 Å². The highest BCUT2D eigenvalue weighted by molar-refractivity contribution is 5.76. The van der Waals surface area contributed by atoms with Crippen LogP contribution >= 0.6 is 0 Å². The largest absolute Gasteiger partial charge is 0.325 e. The third-order valence-corrected chi connectivity index (χ3v) is 1.65. The van der Waals surface area contributed by atoms with Gasteiger partial charge < -0.3 is 0 Å². The summed E-state index contributed by atoms with van der Waals surface area (Å²) in [6.45, 7) is 0. The van der Waals surface area contributed by atoms with Gasteiger partial charge in [0.15, 0.2) is 0 Å². The number of aromatic nitrogens is 2. The zero-order chi connectivity index (χ0) is 9.26. The van der Waals surface area contributed by atoms with Crippen molar-refractivity contribution in [2.75, 3.05) is 0 Å². The highest BCUT2D eigenvalue weighted by Crippen LogP contribution is 2.05. The lowest BCUT2D eigenvalue weighted by Crippen LogP contribution is -2.07. The van der Waals surface area contributed by atoms with Crippen molar-refractivity contribution in [2.24, 2.45) is 0 Å². The Hall–Kier alpha value is -1.84. The maximum absolute atomic E-state index is 12.7. The van der Waals surface area contributed by atoms with Gasteiger partial charge in [0.05, 0.1) is 5.52 Å². The van der Waals surface area contributed by atoms with Gasteiger partial charge in [-0.15, -0.1) is 0 Å². The van der Waals surface area contributed by atoms with Crippen molar-refractivity contribution in [2.45, 2.75) is 0 Å². The minimum atomic E-state index is -1.07.